The summed E-state index contributed by atoms with van der Waals surface area (Å²) in [5.41, 5.74) is 0.501. The number of nitrogens with one attached hydrogen (secondary N) is 1. The van der Waals surface area contributed by atoms with Gasteiger partial charge in [-0.25, -0.2) is 8.78 Å². The van der Waals surface area contributed by atoms with Crippen molar-refractivity contribution in [3.05, 3.63) is 71.3 Å². The Morgan fingerprint density at radius 2 is 1.84 bits per heavy atom. The number of carbonyl (C=O) groups excluding carboxylic acids is 2. The van der Waals surface area contributed by atoms with Crippen molar-refractivity contribution in [2.75, 3.05) is 13.2 Å². The van der Waals surface area contributed by atoms with E-state index in [9.17, 15) is 18.4 Å². The summed E-state index contributed by atoms with van der Waals surface area (Å²) >= 11 is 0. The number of hydrogen-bond acceptors (Lipinski definition) is 3. The van der Waals surface area contributed by atoms with Gasteiger partial charge in [0.1, 0.15) is 17.4 Å². The first-order valence-corrected chi connectivity index (χ1v) is 7.66. The van der Waals surface area contributed by atoms with Gasteiger partial charge in [0.2, 0.25) is 0 Å². The van der Waals surface area contributed by atoms with Crippen LogP contribution in [0.3, 0.4) is 0 Å². The first-order chi connectivity index (χ1) is 12.0. The molecule has 0 fully saturated rings. The Balaban J connectivity index is 1.97. The van der Waals surface area contributed by atoms with E-state index in [2.05, 4.69) is 5.32 Å². The molecule has 0 bridgehead atoms. The summed E-state index contributed by atoms with van der Waals surface area (Å²) in [6.07, 6.45) is 2.72. The molecule has 25 heavy (non-hydrogen) atoms. The number of halogens is 2. The van der Waals surface area contributed by atoms with E-state index in [0.717, 1.165) is 12.1 Å². The molecule has 2 aromatic carbocycles. The van der Waals surface area contributed by atoms with Crippen LogP contribution in [0.1, 0.15) is 22.8 Å². The Kier molecular flexibility index (Phi) is 6.39. The minimum absolute atomic E-state index is 0.0780. The zero-order valence-electron chi connectivity index (χ0n) is 13.6. The van der Waals surface area contributed by atoms with Crippen LogP contribution in [0.4, 0.5) is 8.78 Å². The third-order valence-corrected chi connectivity index (χ3v) is 3.25. The maximum Gasteiger partial charge on any atom is 0.257 e. The number of likely N-dealkylation sites (N-methyl/N-ethyl adjacent to an activating group) is 1. The molecule has 0 aliphatic heterocycles. The number of benzene rings is 2. The highest BCUT2D eigenvalue weighted by Gasteiger charge is 2.09. The van der Waals surface area contributed by atoms with Gasteiger partial charge in [0.15, 0.2) is 12.4 Å². The number of ketones is 1. The predicted octanol–water partition coefficient (Wildman–Crippen LogP) is 3.38. The van der Waals surface area contributed by atoms with E-state index in [1.54, 1.807) is 24.3 Å². The van der Waals surface area contributed by atoms with Crippen molar-refractivity contribution in [1.82, 2.24) is 5.32 Å². The fraction of sp³-hybridized carbons (Fsp3) is 0.158. The van der Waals surface area contributed by atoms with E-state index >= 15 is 0 Å². The van der Waals surface area contributed by atoms with Crippen molar-refractivity contribution in [2.24, 2.45) is 0 Å². The molecule has 0 atom stereocenters. The summed E-state index contributed by atoms with van der Waals surface area (Å²) in [5, 5.41) is 2.62. The van der Waals surface area contributed by atoms with Crippen LogP contribution in [0.15, 0.2) is 48.5 Å². The number of carbonyl (C=O) groups is 2. The van der Waals surface area contributed by atoms with Crippen LogP contribution >= 0.6 is 0 Å². The summed E-state index contributed by atoms with van der Waals surface area (Å²) < 4.78 is 31.7. The minimum atomic E-state index is -0.899. The van der Waals surface area contributed by atoms with E-state index in [1.807, 2.05) is 6.92 Å². The quantitative estimate of drug-likeness (QED) is 0.618. The van der Waals surface area contributed by atoms with Gasteiger partial charge >= 0.3 is 0 Å². The number of ether oxygens (including phenoxy) is 1. The molecule has 2 aromatic rings. The topological polar surface area (TPSA) is 55.4 Å². The van der Waals surface area contributed by atoms with Gasteiger partial charge in [-0.1, -0.05) is 18.2 Å². The van der Waals surface area contributed by atoms with Crippen molar-refractivity contribution < 1.29 is 23.1 Å². The Morgan fingerprint density at radius 3 is 2.48 bits per heavy atom. The van der Waals surface area contributed by atoms with Gasteiger partial charge in [-0.2, -0.15) is 0 Å². The molecule has 1 amide bonds. The minimum Gasteiger partial charge on any atom is -0.484 e. The van der Waals surface area contributed by atoms with Crippen LogP contribution in [0.25, 0.3) is 6.08 Å². The number of amides is 1. The highest BCUT2D eigenvalue weighted by Crippen LogP contribution is 2.15. The van der Waals surface area contributed by atoms with Gasteiger partial charge in [0.25, 0.3) is 5.91 Å². The van der Waals surface area contributed by atoms with E-state index in [4.69, 9.17) is 4.74 Å². The lowest BCUT2D eigenvalue weighted by Crippen LogP contribution is -2.28. The number of rotatable bonds is 7. The third-order valence-electron chi connectivity index (χ3n) is 3.25. The fourth-order valence-corrected chi connectivity index (χ4v) is 2.02. The van der Waals surface area contributed by atoms with Gasteiger partial charge < -0.3 is 10.1 Å². The number of hydrogen-bond donors (Lipinski definition) is 1. The highest BCUT2D eigenvalue weighted by atomic mass is 19.1. The van der Waals surface area contributed by atoms with Crippen molar-refractivity contribution in [2.45, 2.75) is 6.92 Å². The van der Waals surface area contributed by atoms with Gasteiger partial charge in [-0.05, 0) is 42.8 Å². The molecule has 0 heterocycles. The molecule has 0 unspecified atom stereocenters. The Bertz CT molecular complexity index is 786. The SMILES string of the molecule is CCNC(=O)COc1ccc(/C=C/C(=O)c2ccc(F)cc2F)cc1. The Morgan fingerprint density at radius 1 is 1.12 bits per heavy atom. The first kappa shape index (κ1) is 18.3. The summed E-state index contributed by atoms with van der Waals surface area (Å²) in [6.45, 7) is 2.28. The second kappa shape index (κ2) is 8.73. The smallest absolute Gasteiger partial charge is 0.257 e. The molecular formula is C19H17F2NO3. The highest BCUT2D eigenvalue weighted by molar-refractivity contribution is 6.06. The summed E-state index contributed by atoms with van der Waals surface area (Å²) in [6, 6.07) is 9.50. The molecule has 0 aromatic heterocycles. The molecule has 0 spiro atoms. The monoisotopic (exact) mass is 345 g/mol. The molecule has 0 aliphatic carbocycles. The van der Waals surface area contributed by atoms with E-state index < -0.39 is 17.4 Å². The van der Waals surface area contributed by atoms with E-state index in [-0.39, 0.29) is 18.1 Å². The molecule has 2 rings (SSSR count). The van der Waals surface area contributed by atoms with Crippen molar-refractivity contribution >= 4 is 17.8 Å². The average Bonchev–Trinajstić information content (AvgIpc) is 2.59. The first-order valence-electron chi connectivity index (χ1n) is 7.66. The van der Waals surface area contributed by atoms with Gasteiger partial charge in [-0.3, -0.25) is 9.59 Å². The zero-order chi connectivity index (χ0) is 18.2. The second-order valence-electron chi connectivity index (χ2n) is 5.13. The Labute approximate surface area is 144 Å². The lowest BCUT2D eigenvalue weighted by Gasteiger charge is -2.06. The molecule has 0 saturated carbocycles. The number of allylic oxidation sites excluding steroid dienone is 1. The van der Waals surface area contributed by atoms with Crippen LogP contribution in [0, 0.1) is 11.6 Å². The van der Waals surface area contributed by atoms with E-state index in [1.165, 1.54) is 12.2 Å². The molecule has 0 aliphatic rings. The van der Waals surface area contributed by atoms with Crippen molar-refractivity contribution in [3.8, 4) is 5.75 Å². The zero-order valence-corrected chi connectivity index (χ0v) is 13.6. The van der Waals surface area contributed by atoms with Crippen LogP contribution in [0.5, 0.6) is 5.75 Å². The van der Waals surface area contributed by atoms with Gasteiger partial charge in [-0.15, -0.1) is 0 Å². The van der Waals surface area contributed by atoms with Gasteiger partial charge in [0.05, 0.1) is 5.56 Å². The second-order valence-corrected chi connectivity index (χ2v) is 5.13. The molecule has 130 valence electrons. The maximum atomic E-state index is 13.5. The summed E-state index contributed by atoms with van der Waals surface area (Å²) in [4.78, 5) is 23.2. The lowest BCUT2D eigenvalue weighted by molar-refractivity contribution is -0.122. The molecule has 1 N–H and O–H groups in total. The van der Waals surface area contributed by atoms with Crippen LogP contribution < -0.4 is 10.1 Å². The van der Waals surface area contributed by atoms with E-state index in [0.29, 0.717) is 23.9 Å². The van der Waals surface area contributed by atoms with Gasteiger partial charge in [0, 0.05) is 12.6 Å². The molecule has 4 nitrogen and oxygen atoms in total. The van der Waals surface area contributed by atoms with Crippen LogP contribution in [-0.2, 0) is 4.79 Å². The van der Waals surface area contributed by atoms with Crippen molar-refractivity contribution in [3.63, 3.8) is 0 Å². The van der Waals surface area contributed by atoms with Crippen LogP contribution in [0.2, 0.25) is 0 Å². The predicted molar refractivity (Wildman–Crippen MR) is 90.3 cm³/mol. The largest absolute Gasteiger partial charge is 0.484 e. The maximum absolute atomic E-state index is 13.5. The van der Waals surface area contributed by atoms with Crippen molar-refractivity contribution in [1.29, 1.82) is 0 Å². The summed E-state index contributed by atoms with van der Waals surface area (Å²) in [5.74, 6) is -1.89. The average molecular weight is 345 g/mol. The normalized spacial score (nSPS) is 10.7. The standard InChI is InChI=1S/C19H17F2NO3/c1-2-22-19(24)12-25-15-7-3-13(4-8-15)5-10-18(23)16-9-6-14(20)11-17(16)21/h3-11H,2,12H2,1H3,(H,22,24)/b10-5+. The molecule has 0 radical (unpaired) electrons. The molecule has 6 heteroatoms. The molecular weight excluding hydrogens is 328 g/mol. The summed E-state index contributed by atoms with van der Waals surface area (Å²) in [7, 11) is 0. The molecule has 0 saturated heterocycles. The Hall–Kier alpha value is -3.02. The fourth-order valence-electron chi connectivity index (χ4n) is 2.02. The third kappa shape index (κ3) is 5.53. The van der Waals surface area contributed by atoms with Crippen LogP contribution in [-0.4, -0.2) is 24.8 Å². The lowest BCUT2D eigenvalue weighted by atomic mass is 10.1.